The van der Waals surface area contributed by atoms with Gasteiger partial charge in [0.15, 0.2) is 0 Å². The number of rotatable bonds is 2. The molecule has 2 amide bonds. The zero-order valence-electron chi connectivity index (χ0n) is 12.3. The van der Waals surface area contributed by atoms with Gasteiger partial charge in [-0.25, -0.2) is 4.98 Å². The maximum Gasteiger partial charge on any atom is 0.249 e. The number of aliphatic hydroxyl groups excluding tert-OH is 1. The highest BCUT2D eigenvalue weighted by atomic mass is 16.3. The van der Waals surface area contributed by atoms with E-state index in [2.05, 4.69) is 10.3 Å². The molecule has 1 atom stereocenters. The Kier molecular flexibility index (Phi) is 3.12. The number of nitrogens with zero attached hydrogens (tertiary/aromatic N) is 2. The zero-order chi connectivity index (χ0) is 16.0. The Balaban J connectivity index is 2.00. The molecule has 0 aliphatic carbocycles. The highest BCUT2D eigenvalue weighted by Gasteiger charge is 2.30. The average Bonchev–Trinajstić information content (AvgIpc) is 2.89. The molecule has 116 valence electrons. The molecule has 1 fully saturated rings. The van der Waals surface area contributed by atoms with Crippen LogP contribution in [0.5, 0.6) is 0 Å². The molecule has 6 heteroatoms. The maximum absolute atomic E-state index is 12.3. The number of aliphatic hydroxyl groups is 1. The summed E-state index contributed by atoms with van der Waals surface area (Å²) >= 11 is 0. The van der Waals surface area contributed by atoms with Gasteiger partial charge in [-0.2, -0.15) is 0 Å². The van der Waals surface area contributed by atoms with Gasteiger partial charge in [0.1, 0.15) is 11.7 Å². The number of hydrogen-bond acceptors (Lipinski definition) is 4. The monoisotopic (exact) mass is 309 g/mol. The van der Waals surface area contributed by atoms with Crippen molar-refractivity contribution in [3.8, 4) is 0 Å². The van der Waals surface area contributed by atoms with Gasteiger partial charge < -0.3 is 9.67 Å². The Hall–Kier alpha value is -2.73. The fourth-order valence-electron chi connectivity index (χ4n) is 3.26. The summed E-state index contributed by atoms with van der Waals surface area (Å²) in [6.07, 6.45) is 2.47. The Morgan fingerprint density at radius 3 is 2.91 bits per heavy atom. The fourth-order valence-corrected chi connectivity index (χ4v) is 3.26. The molecular formula is C17H15N3O3. The Morgan fingerprint density at radius 1 is 1.26 bits per heavy atom. The number of pyridine rings is 1. The summed E-state index contributed by atoms with van der Waals surface area (Å²) in [6, 6.07) is 9.00. The average molecular weight is 309 g/mol. The van der Waals surface area contributed by atoms with E-state index in [0.29, 0.717) is 18.5 Å². The minimum atomic E-state index is -0.456. The van der Waals surface area contributed by atoms with Crippen LogP contribution in [0.15, 0.2) is 36.5 Å². The summed E-state index contributed by atoms with van der Waals surface area (Å²) in [6.45, 7) is -0.0404. The van der Waals surface area contributed by atoms with Gasteiger partial charge >= 0.3 is 0 Å². The smallest absolute Gasteiger partial charge is 0.249 e. The molecule has 23 heavy (non-hydrogen) atoms. The lowest BCUT2D eigenvalue weighted by atomic mass is 10.1. The number of amides is 2. The second kappa shape index (κ2) is 5.17. The summed E-state index contributed by atoms with van der Waals surface area (Å²) in [4.78, 5) is 28.1. The van der Waals surface area contributed by atoms with Crippen LogP contribution in [0.1, 0.15) is 24.4 Å². The van der Waals surface area contributed by atoms with E-state index in [-0.39, 0.29) is 18.4 Å². The normalized spacial score (nSPS) is 18.6. The van der Waals surface area contributed by atoms with Gasteiger partial charge in [-0.15, -0.1) is 0 Å². The number of carbonyl (C=O) groups is 2. The second-order valence-electron chi connectivity index (χ2n) is 5.72. The molecule has 1 aliphatic heterocycles. The van der Waals surface area contributed by atoms with Crippen molar-refractivity contribution >= 4 is 33.8 Å². The van der Waals surface area contributed by atoms with Crippen molar-refractivity contribution in [2.24, 2.45) is 0 Å². The first-order chi connectivity index (χ1) is 11.2. The molecule has 1 unspecified atom stereocenters. The van der Waals surface area contributed by atoms with Gasteiger partial charge in [0.2, 0.25) is 11.8 Å². The van der Waals surface area contributed by atoms with Crippen LogP contribution in [-0.2, 0) is 16.2 Å². The first-order valence-corrected chi connectivity index (χ1v) is 7.51. The van der Waals surface area contributed by atoms with Crippen LogP contribution in [0.4, 0.5) is 0 Å². The van der Waals surface area contributed by atoms with Crippen molar-refractivity contribution in [3.63, 3.8) is 0 Å². The van der Waals surface area contributed by atoms with E-state index >= 15 is 0 Å². The minimum absolute atomic E-state index is 0.0404. The summed E-state index contributed by atoms with van der Waals surface area (Å²) in [5.74, 6) is -0.528. The van der Waals surface area contributed by atoms with Gasteiger partial charge in [-0.3, -0.25) is 14.9 Å². The quantitative estimate of drug-likeness (QED) is 0.705. The fraction of sp³-hybridized carbons (Fsp3) is 0.235. The van der Waals surface area contributed by atoms with Crippen molar-refractivity contribution in [1.29, 1.82) is 0 Å². The number of fused-ring (bicyclic) bond motifs is 3. The molecule has 3 heterocycles. The predicted molar refractivity (Wildman–Crippen MR) is 84.6 cm³/mol. The molecule has 0 radical (unpaired) electrons. The molecule has 0 saturated carbocycles. The SMILES string of the molecule is O=C1CCC(n2c3ccc(CO)cc3c3cccnc32)C(=O)N1. The Labute approximate surface area is 131 Å². The topological polar surface area (TPSA) is 84.2 Å². The van der Waals surface area contributed by atoms with Crippen molar-refractivity contribution in [3.05, 3.63) is 42.1 Å². The molecule has 0 spiro atoms. The van der Waals surface area contributed by atoms with Crippen LogP contribution in [0, 0.1) is 0 Å². The van der Waals surface area contributed by atoms with E-state index in [4.69, 9.17) is 0 Å². The number of aromatic nitrogens is 2. The van der Waals surface area contributed by atoms with E-state index in [9.17, 15) is 14.7 Å². The van der Waals surface area contributed by atoms with Gasteiger partial charge in [0.25, 0.3) is 0 Å². The molecule has 4 rings (SSSR count). The third kappa shape index (κ3) is 2.10. The molecule has 2 N–H and O–H groups in total. The van der Waals surface area contributed by atoms with E-state index in [1.165, 1.54) is 0 Å². The third-order valence-electron chi connectivity index (χ3n) is 4.33. The van der Waals surface area contributed by atoms with Gasteiger partial charge in [-0.1, -0.05) is 6.07 Å². The van der Waals surface area contributed by atoms with Crippen molar-refractivity contribution < 1.29 is 14.7 Å². The van der Waals surface area contributed by atoms with E-state index in [1.54, 1.807) is 6.20 Å². The Morgan fingerprint density at radius 2 is 2.13 bits per heavy atom. The van der Waals surface area contributed by atoms with Crippen LogP contribution in [0.25, 0.3) is 21.9 Å². The summed E-state index contributed by atoms with van der Waals surface area (Å²) in [5, 5.41) is 13.7. The first-order valence-electron chi connectivity index (χ1n) is 7.51. The van der Waals surface area contributed by atoms with Crippen LogP contribution in [0.3, 0.4) is 0 Å². The van der Waals surface area contributed by atoms with E-state index in [0.717, 1.165) is 21.9 Å². The van der Waals surface area contributed by atoms with Crippen molar-refractivity contribution in [2.75, 3.05) is 0 Å². The number of benzene rings is 1. The number of carbonyl (C=O) groups excluding carboxylic acids is 2. The van der Waals surface area contributed by atoms with Crippen LogP contribution in [0.2, 0.25) is 0 Å². The molecule has 1 saturated heterocycles. The van der Waals surface area contributed by atoms with E-state index in [1.807, 2.05) is 34.9 Å². The summed E-state index contributed by atoms with van der Waals surface area (Å²) in [5.41, 5.74) is 2.40. The summed E-state index contributed by atoms with van der Waals surface area (Å²) < 4.78 is 1.90. The minimum Gasteiger partial charge on any atom is -0.392 e. The Bertz CT molecular complexity index is 945. The van der Waals surface area contributed by atoms with Gasteiger partial charge in [0.05, 0.1) is 12.1 Å². The number of imide groups is 1. The van der Waals surface area contributed by atoms with Crippen molar-refractivity contribution in [2.45, 2.75) is 25.5 Å². The molecule has 3 aromatic rings. The lowest BCUT2D eigenvalue weighted by Gasteiger charge is -2.23. The standard InChI is InChI=1S/C17H15N3O3/c21-9-10-3-4-13-12(8-10)11-2-1-7-18-16(11)20(13)14-5-6-15(22)19-17(14)23/h1-4,7-8,14,21H,5-6,9H2,(H,19,22,23). The first kappa shape index (κ1) is 13.9. The largest absolute Gasteiger partial charge is 0.392 e. The van der Waals surface area contributed by atoms with Gasteiger partial charge in [0, 0.05) is 23.4 Å². The molecule has 2 aromatic heterocycles. The van der Waals surface area contributed by atoms with Crippen molar-refractivity contribution in [1.82, 2.24) is 14.9 Å². The maximum atomic E-state index is 12.3. The highest BCUT2D eigenvalue weighted by molar-refractivity contribution is 6.09. The molecule has 1 aliphatic rings. The molecule has 6 nitrogen and oxygen atoms in total. The molecule has 0 bridgehead atoms. The lowest BCUT2D eigenvalue weighted by molar-refractivity contribution is -0.135. The zero-order valence-corrected chi connectivity index (χ0v) is 12.3. The van der Waals surface area contributed by atoms with Crippen LogP contribution < -0.4 is 5.32 Å². The molecule has 1 aromatic carbocycles. The van der Waals surface area contributed by atoms with Gasteiger partial charge in [-0.05, 0) is 36.2 Å². The summed E-state index contributed by atoms with van der Waals surface area (Å²) in [7, 11) is 0. The van der Waals surface area contributed by atoms with E-state index < -0.39 is 6.04 Å². The lowest BCUT2D eigenvalue weighted by Crippen LogP contribution is -2.41. The van der Waals surface area contributed by atoms with Crippen LogP contribution >= 0.6 is 0 Å². The molecular weight excluding hydrogens is 294 g/mol. The second-order valence-corrected chi connectivity index (χ2v) is 5.72. The third-order valence-corrected chi connectivity index (χ3v) is 4.33. The number of hydrogen-bond donors (Lipinski definition) is 2. The predicted octanol–water partition coefficient (Wildman–Crippen LogP) is 1.66. The van der Waals surface area contributed by atoms with Crippen LogP contribution in [-0.4, -0.2) is 26.5 Å². The highest BCUT2D eigenvalue weighted by Crippen LogP contribution is 2.33. The number of piperidine rings is 1. The number of nitrogens with one attached hydrogen (secondary N) is 1.